The number of carbonyl (C=O) groups is 1. The smallest absolute Gasteiger partial charge is 0.333 e. The molecule has 2 aliphatic carbocycles. The van der Waals surface area contributed by atoms with Gasteiger partial charge < -0.3 is 10.1 Å². The summed E-state index contributed by atoms with van der Waals surface area (Å²) in [5, 5.41) is 31.1. The Morgan fingerprint density at radius 2 is 2.00 bits per heavy atom. The predicted octanol–water partition coefficient (Wildman–Crippen LogP) is 4.90. The maximum absolute atomic E-state index is 13.3. The fraction of sp³-hybridized carbons (Fsp3) is 0.360. The highest BCUT2D eigenvalue weighted by atomic mass is 16.5. The van der Waals surface area contributed by atoms with Crippen LogP contribution in [-0.2, 0) is 9.53 Å². The van der Waals surface area contributed by atoms with Crippen LogP contribution in [0.4, 0.5) is 0 Å². The van der Waals surface area contributed by atoms with Crippen LogP contribution in [0.2, 0.25) is 0 Å². The third kappa shape index (κ3) is 2.74. The molecule has 0 spiro atoms. The Balaban J connectivity index is 2.05. The molecule has 2 aliphatic rings. The van der Waals surface area contributed by atoms with Gasteiger partial charge in [0.2, 0.25) is 5.41 Å². The molecule has 0 bridgehead atoms. The third-order valence-corrected chi connectivity index (χ3v) is 6.50. The van der Waals surface area contributed by atoms with Gasteiger partial charge in [0, 0.05) is 5.92 Å². The van der Waals surface area contributed by atoms with Crippen molar-refractivity contribution in [3.63, 3.8) is 0 Å². The van der Waals surface area contributed by atoms with Crippen LogP contribution in [0.5, 0.6) is 0 Å². The lowest BCUT2D eigenvalue weighted by Crippen LogP contribution is -2.54. The molecule has 0 radical (unpaired) electrons. The first kappa shape index (κ1) is 19.9. The third-order valence-electron chi connectivity index (χ3n) is 6.50. The second-order valence-corrected chi connectivity index (χ2v) is 7.90. The second-order valence-electron chi connectivity index (χ2n) is 7.90. The van der Waals surface area contributed by atoms with Crippen LogP contribution in [0.1, 0.15) is 37.7 Å². The van der Waals surface area contributed by atoms with Crippen LogP contribution < -0.4 is 0 Å². The second kappa shape index (κ2) is 7.76. The van der Waals surface area contributed by atoms with Crippen LogP contribution in [0.15, 0.2) is 54.1 Å². The van der Waals surface area contributed by atoms with Gasteiger partial charge in [0.25, 0.3) is 0 Å². The molecule has 2 aromatic carbocycles. The van der Waals surface area contributed by atoms with Crippen molar-refractivity contribution >= 4 is 22.5 Å². The molecule has 5 nitrogen and oxygen atoms in total. The normalized spacial score (nSPS) is 28.0. The number of rotatable bonds is 3. The monoisotopic (exact) mass is 397 g/mol. The molecule has 0 aromatic heterocycles. The highest BCUT2D eigenvalue weighted by Crippen LogP contribution is 2.56. The van der Waals surface area contributed by atoms with E-state index in [2.05, 4.69) is 12.1 Å². The van der Waals surface area contributed by atoms with Gasteiger partial charge >= 0.3 is 5.97 Å². The van der Waals surface area contributed by atoms with Crippen molar-refractivity contribution in [3.8, 4) is 12.1 Å². The standard InChI is InChI=1S/C25H23N3O2/c1-2-30-24(29)25(15-27)22(19-13-7-9-16-8-3-4-10-17(16)19)20-12-6-5-11-18(20)21(14-26)23(25)28/h3-4,7-11,13,20-22,28H,2,5-6,12H2,1H3/t20-,21+,22+,25+/m1/s1. The van der Waals surface area contributed by atoms with Gasteiger partial charge in [0.15, 0.2) is 0 Å². The first-order valence-electron chi connectivity index (χ1n) is 10.3. The maximum atomic E-state index is 13.3. The number of nitrogens with one attached hydrogen (secondary N) is 1. The number of nitriles is 2. The topological polar surface area (TPSA) is 97.7 Å². The van der Waals surface area contributed by atoms with E-state index in [9.17, 15) is 15.3 Å². The molecule has 0 unspecified atom stereocenters. The van der Waals surface area contributed by atoms with Gasteiger partial charge in [-0.15, -0.1) is 0 Å². The minimum Gasteiger partial charge on any atom is -0.464 e. The summed E-state index contributed by atoms with van der Waals surface area (Å²) in [6, 6.07) is 18.1. The van der Waals surface area contributed by atoms with Gasteiger partial charge in [0.05, 0.1) is 24.5 Å². The summed E-state index contributed by atoms with van der Waals surface area (Å²) >= 11 is 0. The van der Waals surface area contributed by atoms with Gasteiger partial charge in [-0.05, 0) is 54.0 Å². The zero-order valence-corrected chi connectivity index (χ0v) is 16.9. The maximum Gasteiger partial charge on any atom is 0.333 e. The number of allylic oxidation sites excluding steroid dienone is 2. The highest BCUT2D eigenvalue weighted by Gasteiger charge is 2.61. The molecule has 0 saturated heterocycles. The number of esters is 1. The summed E-state index contributed by atoms with van der Waals surface area (Å²) < 4.78 is 5.35. The minimum absolute atomic E-state index is 0.113. The highest BCUT2D eigenvalue weighted by molar-refractivity contribution is 6.13. The van der Waals surface area contributed by atoms with Crippen LogP contribution in [-0.4, -0.2) is 18.3 Å². The van der Waals surface area contributed by atoms with Crippen LogP contribution in [0, 0.1) is 45.3 Å². The number of carbonyl (C=O) groups excluding carboxylic acids is 1. The zero-order valence-electron chi connectivity index (χ0n) is 16.9. The minimum atomic E-state index is -1.82. The molecule has 0 aliphatic heterocycles. The molecular formula is C25H23N3O2. The Bertz CT molecular complexity index is 1130. The number of nitrogens with zero attached hydrogens (tertiary/aromatic N) is 2. The fourth-order valence-corrected chi connectivity index (χ4v) is 5.25. The lowest BCUT2D eigenvalue weighted by molar-refractivity contribution is -0.150. The van der Waals surface area contributed by atoms with Crippen molar-refractivity contribution < 1.29 is 9.53 Å². The first-order chi connectivity index (χ1) is 14.6. The molecule has 5 heteroatoms. The van der Waals surface area contributed by atoms with Crippen molar-refractivity contribution in [3.05, 3.63) is 59.7 Å². The van der Waals surface area contributed by atoms with E-state index in [1.807, 2.05) is 48.5 Å². The molecule has 30 heavy (non-hydrogen) atoms. The number of ether oxygens (including phenoxy) is 1. The first-order valence-corrected chi connectivity index (χ1v) is 10.3. The quantitative estimate of drug-likeness (QED) is 0.588. The molecule has 4 atom stereocenters. The van der Waals surface area contributed by atoms with Crippen LogP contribution in [0.3, 0.4) is 0 Å². The van der Waals surface area contributed by atoms with Gasteiger partial charge in [-0.1, -0.05) is 48.5 Å². The van der Waals surface area contributed by atoms with E-state index in [0.717, 1.165) is 41.2 Å². The van der Waals surface area contributed by atoms with E-state index in [1.165, 1.54) is 0 Å². The van der Waals surface area contributed by atoms with Crippen molar-refractivity contribution in [2.75, 3.05) is 6.61 Å². The molecule has 0 heterocycles. The summed E-state index contributed by atoms with van der Waals surface area (Å²) in [5.41, 5.74) is -0.239. The number of hydrogen-bond donors (Lipinski definition) is 1. The Hall–Kier alpha value is -3.44. The van der Waals surface area contributed by atoms with Crippen molar-refractivity contribution in [2.24, 2.45) is 17.3 Å². The summed E-state index contributed by atoms with van der Waals surface area (Å²) in [5.74, 6) is -2.32. The van der Waals surface area contributed by atoms with E-state index < -0.39 is 23.2 Å². The number of hydrogen-bond acceptors (Lipinski definition) is 5. The summed E-state index contributed by atoms with van der Waals surface area (Å²) in [6.07, 6.45) is 4.58. The molecule has 150 valence electrons. The van der Waals surface area contributed by atoms with E-state index in [0.29, 0.717) is 0 Å². The zero-order chi connectivity index (χ0) is 21.3. The lowest BCUT2D eigenvalue weighted by Gasteiger charge is -2.47. The lowest BCUT2D eigenvalue weighted by atomic mass is 9.52. The molecule has 0 amide bonds. The molecule has 1 N–H and O–H groups in total. The average molecular weight is 397 g/mol. The predicted molar refractivity (Wildman–Crippen MR) is 114 cm³/mol. The Morgan fingerprint density at radius 1 is 1.23 bits per heavy atom. The molecule has 1 saturated carbocycles. The van der Waals surface area contributed by atoms with E-state index >= 15 is 0 Å². The van der Waals surface area contributed by atoms with Crippen molar-refractivity contribution in [2.45, 2.75) is 32.1 Å². The summed E-state index contributed by atoms with van der Waals surface area (Å²) in [6.45, 7) is 1.80. The summed E-state index contributed by atoms with van der Waals surface area (Å²) in [4.78, 5) is 13.3. The van der Waals surface area contributed by atoms with Gasteiger partial charge in [-0.2, -0.15) is 10.5 Å². The number of fused-ring (bicyclic) bond motifs is 2. The van der Waals surface area contributed by atoms with Crippen molar-refractivity contribution in [1.29, 1.82) is 15.9 Å². The molecule has 1 fully saturated rings. The summed E-state index contributed by atoms with van der Waals surface area (Å²) in [7, 11) is 0. The van der Waals surface area contributed by atoms with Crippen LogP contribution in [0.25, 0.3) is 10.8 Å². The Labute approximate surface area is 176 Å². The van der Waals surface area contributed by atoms with E-state index in [-0.39, 0.29) is 18.2 Å². The van der Waals surface area contributed by atoms with Gasteiger partial charge in [-0.3, -0.25) is 0 Å². The number of benzene rings is 2. The Morgan fingerprint density at radius 3 is 2.73 bits per heavy atom. The van der Waals surface area contributed by atoms with Crippen molar-refractivity contribution in [1.82, 2.24) is 0 Å². The van der Waals surface area contributed by atoms with Crippen LogP contribution >= 0.6 is 0 Å². The van der Waals surface area contributed by atoms with Gasteiger partial charge in [0.1, 0.15) is 5.92 Å². The SMILES string of the molecule is CCOC(=O)[C@]1(C#N)C(=N)[C@@H](C#N)C2=CCCC[C@H]2[C@@H]1c1cccc2ccccc12. The molecular weight excluding hydrogens is 374 g/mol. The van der Waals surface area contributed by atoms with E-state index in [1.54, 1.807) is 6.92 Å². The molecule has 2 aromatic rings. The largest absolute Gasteiger partial charge is 0.464 e. The van der Waals surface area contributed by atoms with E-state index in [4.69, 9.17) is 10.1 Å². The Kier molecular flexibility index (Phi) is 5.14. The van der Waals surface area contributed by atoms with Gasteiger partial charge in [-0.25, -0.2) is 4.79 Å². The molecule has 4 rings (SSSR count). The average Bonchev–Trinajstić information content (AvgIpc) is 2.78. The fourth-order valence-electron chi connectivity index (χ4n) is 5.25.